The second-order valence-corrected chi connectivity index (χ2v) is 10.4. The Morgan fingerprint density at radius 3 is 2.55 bits per heavy atom. The SMILES string of the molecule is O=C1c2cc(Oc3nc4nc(-c5ccc(N6CCOCC6)cc5)c(Cl)cc4[nH]3)ccc2CN1Cc1ccccc1. The van der Waals surface area contributed by atoms with Crippen LogP contribution in [-0.4, -0.2) is 52.1 Å². The van der Waals surface area contributed by atoms with Crippen LogP contribution in [0.3, 0.4) is 0 Å². The number of anilines is 1. The zero-order chi connectivity index (χ0) is 27.1. The zero-order valence-corrected chi connectivity index (χ0v) is 22.4. The van der Waals surface area contributed by atoms with Crippen LogP contribution in [0.5, 0.6) is 11.8 Å². The van der Waals surface area contributed by atoms with Crippen LogP contribution < -0.4 is 9.64 Å². The number of hydrogen-bond donors (Lipinski definition) is 1. The molecule has 5 aromatic rings. The van der Waals surface area contributed by atoms with Gasteiger partial charge < -0.3 is 24.3 Å². The molecule has 3 aromatic carbocycles. The fraction of sp³-hybridized carbons (Fsp3) is 0.194. The molecule has 1 N–H and O–H groups in total. The maximum atomic E-state index is 13.1. The van der Waals surface area contributed by atoms with Gasteiger partial charge in [-0.25, -0.2) is 4.98 Å². The molecule has 8 nitrogen and oxygen atoms in total. The van der Waals surface area contributed by atoms with Crippen molar-refractivity contribution in [1.82, 2.24) is 19.9 Å². The van der Waals surface area contributed by atoms with Gasteiger partial charge in [0.2, 0.25) is 0 Å². The van der Waals surface area contributed by atoms with Gasteiger partial charge in [0, 0.05) is 43.0 Å². The zero-order valence-electron chi connectivity index (χ0n) is 21.6. The molecule has 0 bridgehead atoms. The number of aromatic amines is 1. The monoisotopic (exact) mass is 551 g/mol. The summed E-state index contributed by atoms with van der Waals surface area (Å²) in [5.74, 6) is 0.518. The van der Waals surface area contributed by atoms with E-state index in [0.29, 0.717) is 46.3 Å². The normalized spacial score (nSPS) is 15.1. The van der Waals surface area contributed by atoms with Crippen molar-refractivity contribution in [3.05, 3.63) is 101 Å². The van der Waals surface area contributed by atoms with E-state index in [1.54, 1.807) is 6.07 Å². The van der Waals surface area contributed by atoms with Gasteiger partial charge in [-0.2, -0.15) is 4.98 Å². The standard InChI is InChI=1S/C31H26ClN5O3/c32-26-17-27-29(34-28(26)21-6-9-23(10-7-21)36-12-14-39-15-13-36)35-31(33-27)40-24-11-8-22-19-37(30(38)25(22)16-24)18-20-4-2-1-3-5-20/h1-11,16-17H,12-15,18-19H2,(H,33,34,35). The maximum Gasteiger partial charge on any atom is 0.301 e. The smallest absolute Gasteiger partial charge is 0.301 e. The first-order valence-electron chi connectivity index (χ1n) is 13.2. The molecule has 1 amide bonds. The van der Waals surface area contributed by atoms with Crippen molar-refractivity contribution in [3.8, 4) is 23.0 Å². The maximum absolute atomic E-state index is 13.1. The number of aromatic nitrogens is 3. The third-order valence-electron chi connectivity index (χ3n) is 7.31. The minimum atomic E-state index is -0.00774. The van der Waals surface area contributed by atoms with Gasteiger partial charge >= 0.3 is 6.01 Å². The number of pyridine rings is 1. The number of amides is 1. The summed E-state index contributed by atoms with van der Waals surface area (Å²) in [5, 5.41) is 0.517. The predicted molar refractivity (Wildman–Crippen MR) is 154 cm³/mol. The van der Waals surface area contributed by atoms with Gasteiger partial charge in [0.25, 0.3) is 5.91 Å². The average Bonchev–Trinajstić information content (AvgIpc) is 3.52. The number of benzene rings is 3. The van der Waals surface area contributed by atoms with Crippen LogP contribution in [0, 0.1) is 0 Å². The number of fused-ring (bicyclic) bond motifs is 2. The average molecular weight is 552 g/mol. The fourth-order valence-electron chi connectivity index (χ4n) is 5.25. The molecule has 200 valence electrons. The Morgan fingerprint density at radius 2 is 1.75 bits per heavy atom. The Kier molecular flexibility index (Phi) is 6.34. The molecule has 0 aliphatic carbocycles. The Balaban J connectivity index is 1.09. The number of carbonyl (C=O) groups excluding carboxylic acids is 1. The topological polar surface area (TPSA) is 83.6 Å². The van der Waals surface area contributed by atoms with Crippen molar-refractivity contribution >= 4 is 34.4 Å². The molecule has 4 heterocycles. The van der Waals surface area contributed by atoms with E-state index in [-0.39, 0.29) is 11.9 Å². The Bertz CT molecular complexity index is 1700. The van der Waals surface area contributed by atoms with Gasteiger partial charge in [0.15, 0.2) is 5.65 Å². The molecule has 40 heavy (non-hydrogen) atoms. The number of halogens is 1. The lowest BCUT2D eigenvalue weighted by atomic mass is 10.1. The molecule has 9 heteroatoms. The molecular weight excluding hydrogens is 526 g/mol. The van der Waals surface area contributed by atoms with Crippen LogP contribution in [0.4, 0.5) is 5.69 Å². The first-order chi connectivity index (χ1) is 19.6. The number of nitrogens with zero attached hydrogens (tertiary/aromatic N) is 4. The molecule has 2 aliphatic rings. The highest BCUT2D eigenvalue weighted by molar-refractivity contribution is 6.33. The minimum Gasteiger partial charge on any atom is -0.426 e. The predicted octanol–water partition coefficient (Wildman–Crippen LogP) is 6.06. The highest BCUT2D eigenvalue weighted by Crippen LogP contribution is 2.33. The number of hydrogen-bond acceptors (Lipinski definition) is 6. The molecule has 7 rings (SSSR count). The summed E-state index contributed by atoms with van der Waals surface area (Å²) < 4.78 is 11.5. The Labute approximate surface area is 236 Å². The van der Waals surface area contributed by atoms with E-state index in [2.05, 4.69) is 27.0 Å². The third-order valence-corrected chi connectivity index (χ3v) is 7.60. The number of carbonyl (C=O) groups is 1. The van der Waals surface area contributed by atoms with Crippen molar-refractivity contribution in [2.75, 3.05) is 31.2 Å². The number of nitrogens with one attached hydrogen (secondary N) is 1. The number of ether oxygens (including phenoxy) is 2. The third kappa shape index (κ3) is 4.76. The first-order valence-corrected chi connectivity index (χ1v) is 13.6. The lowest BCUT2D eigenvalue weighted by Gasteiger charge is -2.28. The van der Waals surface area contributed by atoms with Crippen LogP contribution >= 0.6 is 11.6 Å². The summed E-state index contributed by atoms with van der Waals surface area (Å²) >= 11 is 6.63. The van der Waals surface area contributed by atoms with E-state index in [4.69, 9.17) is 26.1 Å². The van der Waals surface area contributed by atoms with Crippen LogP contribution in [0.15, 0.2) is 78.9 Å². The number of H-pyrrole nitrogens is 1. The van der Waals surface area contributed by atoms with E-state index < -0.39 is 0 Å². The fourth-order valence-corrected chi connectivity index (χ4v) is 5.51. The molecule has 2 aromatic heterocycles. The van der Waals surface area contributed by atoms with Gasteiger partial charge in [-0.1, -0.05) is 60.1 Å². The molecule has 0 radical (unpaired) electrons. The summed E-state index contributed by atoms with van der Waals surface area (Å²) in [5.41, 5.74) is 6.60. The number of rotatable bonds is 6. The summed E-state index contributed by atoms with van der Waals surface area (Å²) in [7, 11) is 0. The van der Waals surface area contributed by atoms with E-state index in [0.717, 1.165) is 48.7 Å². The van der Waals surface area contributed by atoms with Crippen LogP contribution in [0.1, 0.15) is 21.5 Å². The number of imidazole rings is 1. The molecule has 1 saturated heterocycles. The van der Waals surface area contributed by atoms with Crippen molar-refractivity contribution in [2.45, 2.75) is 13.1 Å². The second-order valence-electron chi connectivity index (χ2n) is 9.95. The van der Waals surface area contributed by atoms with Gasteiger partial charge in [-0.3, -0.25) is 4.79 Å². The Morgan fingerprint density at radius 1 is 0.950 bits per heavy atom. The van der Waals surface area contributed by atoms with Crippen molar-refractivity contribution in [2.24, 2.45) is 0 Å². The van der Waals surface area contributed by atoms with Crippen molar-refractivity contribution < 1.29 is 14.3 Å². The van der Waals surface area contributed by atoms with Gasteiger partial charge in [-0.05, 0) is 41.5 Å². The molecule has 0 saturated carbocycles. The van der Waals surface area contributed by atoms with Crippen LogP contribution in [-0.2, 0) is 17.8 Å². The summed E-state index contributed by atoms with van der Waals surface area (Å²) in [6, 6.07) is 25.9. The quantitative estimate of drug-likeness (QED) is 0.276. The molecule has 0 spiro atoms. The minimum absolute atomic E-state index is 0.00774. The highest BCUT2D eigenvalue weighted by Gasteiger charge is 2.28. The van der Waals surface area contributed by atoms with Crippen LogP contribution in [0.2, 0.25) is 5.02 Å². The first kappa shape index (κ1) is 24.6. The van der Waals surface area contributed by atoms with Crippen molar-refractivity contribution in [3.63, 3.8) is 0 Å². The van der Waals surface area contributed by atoms with E-state index in [1.165, 1.54) is 0 Å². The van der Waals surface area contributed by atoms with Gasteiger partial charge in [0.1, 0.15) is 5.75 Å². The van der Waals surface area contributed by atoms with Gasteiger partial charge in [-0.15, -0.1) is 0 Å². The van der Waals surface area contributed by atoms with Gasteiger partial charge in [0.05, 0.1) is 29.4 Å². The Hall–Kier alpha value is -4.40. The summed E-state index contributed by atoms with van der Waals surface area (Å²) in [6.07, 6.45) is 0. The lowest BCUT2D eigenvalue weighted by Crippen LogP contribution is -2.36. The summed E-state index contributed by atoms with van der Waals surface area (Å²) in [4.78, 5) is 29.6. The molecule has 0 unspecified atom stereocenters. The molecule has 2 aliphatic heterocycles. The van der Waals surface area contributed by atoms with E-state index in [1.807, 2.05) is 65.6 Å². The second kappa shape index (κ2) is 10.3. The van der Waals surface area contributed by atoms with Crippen LogP contribution in [0.25, 0.3) is 22.4 Å². The van der Waals surface area contributed by atoms with E-state index >= 15 is 0 Å². The molecule has 1 fully saturated rings. The lowest BCUT2D eigenvalue weighted by molar-refractivity contribution is 0.0766. The largest absolute Gasteiger partial charge is 0.426 e. The van der Waals surface area contributed by atoms with Crippen molar-refractivity contribution in [1.29, 1.82) is 0 Å². The van der Waals surface area contributed by atoms with E-state index in [9.17, 15) is 4.79 Å². The highest BCUT2D eigenvalue weighted by atomic mass is 35.5. The number of morpholine rings is 1. The molecule has 0 atom stereocenters. The molecular formula is C31H26ClN5O3. The summed E-state index contributed by atoms with van der Waals surface area (Å²) in [6.45, 7) is 4.38.